The molecule has 3 rings (SSSR count). The van der Waals surface area contributed by atoms with Crippen LogP contribution in [0.3, 0.4) is 0 Å². The highest BCUT2D eigenvalue weighted by Crippen LogP contribution is 2.28. The lowest BCUT2D eigenvalue weighted by atomic mass is 10.2. The maximum Gasteiger partial charge on any atom is 0.274 e. The first-order chi connectivity index (χ1) is 12.0. The Hall–Kier alpha value is -2.24. The van der Waals surface area contributed by atoms with Crippen LogP contribution >= 0.6 is 23.2 Å². The molecule has 0 saturated heterocycles. The second kappa shape index (κ2) is 7.33. The predicted octanol–water partition coefficient (Wildman–Crippen LogP) is 4.85. The summed E-state index contributed by atoms with van der Waals surface area (Å²) in [5, 5.41) is 3.90. The lowest BCUT2D eigenvalue weighted by Crippen LogP contribution is -2.17. The molecule has 2 heterocycles. The van der Waals surface area contributed by atoms with Crippen LogP contribution in [0.25, 0.3) is 5.65 Å². The number of nitrogens with one attached hydrogen (secondary N) is 1. The fourth-order valence-corrected chi connectivity index (χ4v) is 3.01. The molecule has 1 amide bonds. The molecule has 2 aromatic heterocycles. The Morgan fingerprint density at radius 2 is 2.00 bits per heavy atom. The third-order valence-corrected chi connectivity index (χ3v) is 4.22. The van der Waals surface area contributed by atoms with Gasteiger partial charge in [0.1, 0.15) is 17.1 Å². The van der Waals surface area contributed by atoms with Crippen LogP contribution in [0.1, 0.15) is 29.5 Å². The number of fused-ring (bicyclic) bond motifs is 1. The van der Waals surface area contributed by atoms with Gasteiger partial charge in [-0.05, 0) is 36.8 Å². The minimum absolute atomic E-state index is 0.293. The molecule has 0 radical (unpaired) electrons. The molecule has 25 heavy (non-hydrogen) atoms. The molecule has 0 saturated carbocycles. The Kier molecular flexibility index (Phi) is 5.16. The van der Waals surface area contributed by atoms with Crippen molar-refractivity contribution in [2.24, 2.45) is 0 Å². The van der Waals surface area contributed by atoms with Crippen molar-refractivity contribution in [3.63, 3.8) is 0 Å². The number of imidazole rings is 1. The standard InChI is InChI=1S/C18H17Cl2N3O2/c1-3-4-13-17(23-10-12(20)6-8-16(23)21-13)18(24)22-14-9-11(19)5-7-15(14)25-2/h5-10H,3-4H2,1-2H3,(H,22,24). The second-order valence-electron chi connectivity index (χ2n) is 5.53. The number of methoxy groups -OCH3 is 1. The Bertz CT molecular complexity index is 937. The number of hydrogen-bond donors (Lipinski definition) is 1. The number of amides is 1. The van der Waals surface area contributed by atoms with E-state index in [0.29, 0.717) is 39.2 Å². The number of ether oxygens (including phenoxy) is 1. The van der Waals surface area contributed by atoms with E-state index in [9.17, 15) is 4.79 Å². The van der Waals surface area contributed by atoms with Crippen LogP contribution < -0.4 is 10.1 Å². The van der Waals surface area contributed by atoms with Crippen molar-refractivity contribution in [3.8, 4) is 5.75 Å². The van der Waals surface area contributed by atoms with Crippen molar-refractivity contribution in [2.75, 3.05) is 12.4 Å². The lowest BCUT2D eigenvalue weighted by molar-refractivity contribution is 0.102. The molecular weight excluding hydrogens is 361 g/mol. The third kappa shape index (κ3) is 3.57. The lowest BCUT2D eigenvalue weighted by Gasteiger charge is -2.11. The van der Waals surface area contributed by atoms with E-state index >= 15 is 0 Å². The van der Waals surface area contributed by atoms with Gasteiger partial charge < -0.3 is 10.1 Å². The molecule has 0 unspecified atom stereocenters. The maximum absolute atomic E-state index is 13.0. The van der Waals surface area contributed by atoms with E-state index in [1.54, 1.807) is 40.9 Å². The first-order valence-electron chi connectivity index (χ1n) is 7.85. The molecule has 3 aromatic rings. The first kappa shape index (κ1) is 17.6. The number of nitrogens with zero attached hydrogens (tertiary/aromatic N) is 2. The van der Waals surface area contributed by atoms with Crippen molar-refractivity contribution in [1.82, 2.24) is 9.38 Å². The summed E-state index contributed by atoms with van der Waals surface area (Å²) in [7, 11) is 1.54. The molecule has 0 bridgehead atoms. The normalized spacial score (nSPS) is 10.9. The fraction of sp³-hybridized carbons (Fsp3) is 0.222. The smallest absolute Gasteiger partial charge is 0.274 e. The largest absolute Gasteiger partial charge is 0.495 e. The number of halogens is 2. The van der Waals surface area contributed by atoms with Crippen LogP contribution in [-0.4, -0.2) is 22.4 Å². The summed E-state index contributed by atoms with van der Waals surface area (Å²) in [6, 6.07) is 8.59. The minimum atomic E-state index is -0.293. The van der Waals surface area contributed by atoms with Gasteiger partial charge in [-0.3, -0.25) is 9.20 Å². The zero-order chi connectivity index (χ0) is 18.0. The Labute approximate surface area is 155 Å². The molecule has 0 aliphatic rings. The topological polar surface area (TPSA) is 55.6 Å². The summed E-state index contributed by atoms with van der Waals surface area (Å²) in [6.45, 7) is 2.04. The van der Waals surface area contributed by atoms with Crippen molar-refractivity contribution in [2.45, 2.75) is 19.8 Å². The van der Waals surface area contributed by atoms with E-state index in [1.807, 2.05) is 6.92 Å². The summed E-state index contributed by atoms with van der Waals surface area (Å²) in [5.74, 6) is 0.237. The van der Waals surface area contributed by atoms with Gasteiger partial charge in [0.05, 0.1) is 23.5 Å². The highest BCUT2D eigenvalue weighted by molar-refractivity contribution is 6.31. The van der Waals surface area contributed by atoms with Gasteiger partial charge in [0.25, 0.3) is 5.91 Å². The monoisotopic (exact) mass is 377 g/mol. The maximum atomic E-state index is 13.0. The molecular formula is C18H17Cl2N3O2. The van der Waals surface area contributed by atoms with Crippen molar-refractivity contribution >= 4 is 40.4 Å². The number of aromatic nitrogens is 2. The van der Waals surface area contributed by atoms with Crippen LogP contribution in [0.5, 0.6) is 5.75 Å². The van der Waals surface area contributed by atoms with E-state index in [2.05, 4.69) is 10.3 Å². The van der Waals surface area contributed by atoms with Crippen molar-refractivity contribution in [3.05, 3.63) is 58.0 Å². The van der Waals surface area contributed by atoms with Gasteiger partial charge in [-0.25, -0.2) is 4.98 Å². The van der Waals surface area contributed by atoms with Gasteiger partial charge in [0, 0.05) is 11.2 Å². The summed E-state index contributed by atoms with van der Waals surface area (Å²) in [6.07, 6.45) is 3.25. The zero-order valence-corrected chi connectivity index (χ0v) is 15.4. The average Bonchev–Trinajstić information content (AvgIpc) is 2.92. The number of hydrogen-bond acceptors (Lipinski definition) is 3. The predicted molar refractivity (Wildman–Crippen MR) is 100 cm³/mol. The number of benzene rings is 1. The van der Waals surface area contributed by atoms with Crippen LogP contribution in [0.4, 0.5) is 5.69 Å². The Balaban J connectivity index is 2.06. The summed E-state index contributed by atoms with van der Waals surface area (Å²) >= 11 is 12.1. The highest BCUT2D eigenvalue weighted by atomic mass is 35.5. The van der Waals surface area contributed by atoms with Gasteiger partial charge in [0.2, 0.25) is 0 Å². The molecule has 0 fully saturated rings. The zero-order valence-electron chi connectivity index (χ0n) is 13.8. The summed E-state index contributed by atoms with van der Waals surface area (Å²) in [5.41, 5.74) is 2.36. The van der Waals surface area contributed by atoms with Gasteiger partial charge in [-0.1, -0.05) is 36.5 Å². The second-order valence-corrected chi connectivity index (χ2v) is 6.40. The fourth-order valence-electron chi connectivity index (χ4n) is 2.68. The molecule has 0 aliphatic heterocycles. The SMILES string of the molecule is CCCc1nc2ccc(Cl)cn2c1C(=O)Nc1cc(Cl)ccc1OC. The van der Waals surface area contributed by atoms with E-state index < -0.39 is 0 Å². The van der Waals surface area contributed by atoms with Gasteiger partial charge in [-0.15, -0.1) is 0 Å². The van der Waals surface area contributed by atoms with Crippen LogP contribution in [-0.2, 0) is 6.42 Å². The minimum Gasteiger partial charge on any atom is -0.495 e. The molecule has 5 nitrogen and oxygen atoms in total. The molecule has 130 valence electrons. The first-order valence-corrected chi connectivity index (χ1v) is 8.60. The molecule has 1 N–H and O–H groups in total. The number of anilines is 1. The quantitative estimate of drug-likeness (QED) is 0.690. The van der Waals surface area contributed by atoms with E-state index in [-0.39, 0.29) is 5.91 Å². The Morgan fingerprint density at radius 3 is 2.72 bits per heavy atom. The third-order valence-electron chi connectivity index (χ3n) is 3.77. The van der Waals surface area contributed by atoms with Crippen LogP contribution in [0.2, 0.25) is 10.0 Å². The Morgan fingerprint density at radius 1 is 1.24 bits per heavy atom. The average molecular weight is 378 g/mol. The van der Waals surface area contributed by atoms with E-state index in [0.717, 1.165) is 12.1 Å². The number of pyridine rings is 1. The van der Waals surface area contributed by atoms with Gasteiger partial charge >= 0.3 is 0 Å². The molecule has 7 heteroatoms. The van der Waals surface area contributed by atoms with Crippen molar-refractivity contribution in [1.29, 1.82) is 0 Å². The number of aryl methyl sites for hydroxylation is 1. The molecule has 1 aromatic carbocycles. The van der Waals surface area contributed by atoms with Crippen LogP contribution in [0, 0.1) is 0 Å². The van der Waals surface area contributed by atoms with Gasteiger partial charge in [0.15, 0.2) is 0 Å². The van der Waals surface area contributed by atoms with Crippen LogP contribution in [0.15, 0.2) is 36.5 Å². The number of rotatable bonds is 5. The van der Waals surface area contributed by atoms with Crippen molar-refractivity contribution < 1.29 is 9.53 Å². The van der Waals surface area contributed by atoms with E-state index in [1.165, 1.54) is 7.11 Å². The summed E-state index contributed by atoms with van der Waals surface area (Å²) in [4.78, 5) is 17.5. The molecule has 0 atom stereocenters. The molecule has 0 aliphatic carbocycles. The number of carbonyl (C=O) groups is 1. The highest BCUT2D eigenvalue weighted by Gasteiger charge is 2.20. The van der Waals surface area contributed by atoms with E-state index in [4.69, 9.17) is 27.9 Å². The molecule has 0 spiro atoms. The summed E-state index contributed by atoms with van der Waals surface area (Å²) < 4.78 is 6.99. The number of carbonyl (C=O) groups excluding carboxylic acids is 1. The van der Waals surface area contributed by atoms with Gasteiger partial charge in [-0.2, -0.15) is 0 Å².